The number of nitrogens with zero attached hydrogens (tertiary/aromatic N) is 3. The number of likely N-dealkylation sites (tertiary alicyclic amines) is 1. The van der Waals surface area contributed by atoms with Gasteiger partial charge in [-0.3, -0.25) is 9.59 Å². The first-order valence-corrected chi connectivity index (χ1v) is 9.05. The van der Waals surface area contributed by atoms with E-state index in [9.17, 15) is 9.59 Å². The largest absolute Gasteiger partial charge is 0.369 e. The molecule has 22 heavy (non-hydrogen) atoms. The van der Waals surface area contributed by atoms with Gasteiger partial charge in [-0.25, -0.2) is 0 Å². The summed E-state index contributed by atoms with van der Waals surface area (Å²) in [4.78, 5) is 26.1. The van der Waals surface area contributed by atoms with Crippen LogP contribution in [0.4, 0.5) is 0 Å². The van der Waals surface area contributed by atoms with E-state index in [1.165, 1.54) is 23.1 Å². The normalized spacial score (nSPS) is 29.0. The van der Waals surface area contributed by atoms with Crippen molar-refractivity contribution in [2.75, 3.05) is 18.8 Å². The van der Waals surface area contributed by atoms with Crippen molar-refractivity contribution in [3.63, 3.8) is 0 Å². The summed E-state index contributed by atoms with van der Waals surface area (Å²) < 4.78 is 0.804. The summed E-state index contributed by atoms with van der Waals surface area (Å²) >= 11 is 2.89. The number of primary amides is 1. The van der Waals surface area contributed by atoms with Crippen LogP contribution in [0.3, 0.4) is 0 Å². The van der Waals surface area contributed by atoms with Crippen molar-refractivity contribution >= 4 is 34.9 Å². The monoisotopic (exact) mass is 340 g/mol. The van der Waals surface area contributed by atoms with Gasteiger partial charge in [-0.05, 0) is 24.7 Å². The molecule has 0 spiro atoms. The first kappa shape index (κ1) is 15.7. The Labute approximate surface area is 137 Å². The van der Waals surface area contributed by atoms with Gasteiger partial charge in [0.2, 0.25) is 11.8 Å². The fraction of sp³-hybridized carbons (Fsp3) is 0.714. The molecular formula is C14H20N4O2S2. The number of carbonyl (C=O) groups excluding carboxylic acids is 2. The molecule has 8 heteroatoms. The standard InChI is InChI=1S/C14H20N4O2S2/c1-8-16-17-12(22-8)21-5-10(19)18-4-9-13(2,3)6-14(9,7-18)11(15)20/h9H,4-7H2,1-3H3,(H2,15,20)/t9-,14+/m1/s1. The minimum atomic E-state index is -0.511. The number of fused-ring (bicyclic) bond motifs is 1. The number of amides is 2. The summed E-state index contributed by atoms with van der Waals surface area (Å²) in [6.07, 6.45) is 0.770. The van der Waals surface area contributed by atoms with Gasteiger partial charge in [0, 0.05) is 13.1 Å². The Bertz CT molecular complexity index is 630. The van der Waals surface area contributed by atoms with Gasteiger partial charge in [0.15, 0.2) is 4.34 Å². The van der Waals surface area contributed by atoms with Gasteiger partial charge in [-0.15, -0.1) is 10.2 Å². The van der Waals surface area contributed by atoms with Crippen molar-refractivity contribution in [3.8, 4) is 0 Å². The van der Waals surface area contributed by atoms with Crippen molar-refractivity contribution in [2.24, 2.45) is 22.5 Å². The predicted octanol–water partition coefficient (Wildman–Crippen LogP) is 1.30. The molecule has 1 aliphatic heterocycles. The number of rotatable bonds is 4. The van der Waals surface area contributed by atoms with Crippen LogP contribution in [0.5, 0.6) is 0 Å². The van der Waals surface area contributed by atoms with Crippen LogP contribution in [0.2, 0.25) is 0 Å². The summed E-state index contributed by atoms with van der Waals surface area (Å²) in [5.74, 6) is 0.287. The van der Waals surface area contributed by atoms with Gasteiger partial charge in [0.25, 0.3) is 0 Å². The molecule has 1 saturated heterocycles. The Morgan fingerprint density at radius 3 is 2.68 bits per heavy atom. The third-order valence-electron chi connectivity index (χ3n) is 4.93. The fourth-order valence-electron chi connectivity index (χ4n) is 3.97. The zero-order chi connectivity index (χ0) is 16.1. The highest BCUT2D eigenvalue weighted by Gasteiger charge is 2.66. The molecule has 2 amide bonds. The molecule has 1 aromatic heterocycles. The van der Waals surface area contributed by atoms with E-state index in [4.69, 9.17) is 5.73 Å². The van der Waals surface area contributed by atoms with Crippen molar-refractivity contribution in [1.82, 2.24) is 15.1 Å². The van der Waals surface area contributed by atoms with Gasteiger partial charge in [0.1, 0.15) is 5.01 Å². The van der Waals surface area contributed by atoms with Gasteiger partial charge < -0.3 is 10.6 Å². The number of carbonyl (C=O) groups is 2. The van der Waals surface area contributed by atoms with E-state index in [-0.39, 0.29) is 23.1 Å². The fourth-order valence-corrected chi connectivity index (χ4v) is 5.69. The Balaban J connectivity index is 1.64. The van der Waals surface area contributed by atoms with Gasteiger partial charge >= 0.3 is 0 Å². The molecule has 2 fully saturated rings. The Kier molecular flexibility index (Phi) is 3.71. The molecule has 120 valence electrons. The highest BCUT2D eigenvalue weighted by atomic mass is 32.2. The molecule has 1 saturated carbocycles. The Hall–Kier alpha value is -1.15. The van der Waals surface area contributed by atoms with Crippen molar-refractivity contribution in [3.05, 3.63) is 5.01 Å². The summed E-state index contributed by atoms with van der Waals surface area (Å²) in [5, 5.41) is 8.84. The molecule has 0 radical (unpaired) electrons. The van der Waals surface area contributed by atoms with Crippen LogP contribution in [0, 0.1) is 23.7 Å². The minimum Gasteiger partial charge on any atom is -0.369 e. The van der Waals surface area contributed by atoms with E-state index in [1.54, 1.807) is 4.90 Å². The number of nitrogens with two attached hydrogens (primary N) is 1. The lowest BCUT2D eigenvalue weighted by atomic mass is 9.48. The zero-order valence-corrected chi connectivity index (χ0v) is 14.6. The Morgan fingerprint density at radius 1 is 1.45 bits per heavy atom. The maximum Gasteiger partial charge on any atom is 0.233 e. The molecule has 2 aliphatic rings. The minimum absolute atomic E-state index is 0.0451. The van der Waals surface area contributed by atoms with Gasteiger partial charge in [0.05, 0.1) is 11.2 Å². The predicted molar refractivity (Wildman–Crippen MR) is 85.5 cm³/mol. The molecule has 2 atom stereocenters. The molecule has 0 bridgehead atoms. The smallest absolute Gasteiger partial charge is 0.233 e. The molecule has 2 heterocycles. The molecular weight excluding hydrogens is 320 g/mol. The lowest BCUT2D eigenvalue weighted by Crippen LogP contribution is -2.59. The second kappa shape index (κ2) is 5.19. The molecule has 0 aromatic carbocycles. The second-order valence-electron chi connectivity index (χ2n) is 6.89. The molecule has 2 N–H and O–H groups in total. The van der Waals surface area contributed by atoms with Gasteiger partial charge in [-0.1, -0.05) is 36.9 Å². The van der Waals surface area contributed by atoms with Crippen LogP contribution >= 0.6 is 23.1 Å². The molecule has 6 nitrogen and oxygen atoms in total. The molecule has 1 aliphatic carbocycles. The maximum atomic E-state index is 12.4. The van der Waals surface area contributed by atoms with Crippen LogP contribution in [0.1, 0.15) is 25.3 Å². The topological polar surface area (TPSA) is 89.2 Å². The van der Waals surface area contributed by atoms with E-state index in [2.05, 4.69) is 24.0 Å². The molecule has 1 aromatic rings. The SMILES string of the molecule is Cc1nnc(SCC(=O)N2C[C@@H]3C(C)(C)C[C@]3(C(N)=O)C2)s1. The summed E-state index contributed by atoms with van der Waals surface area (Å²) in [5.41, 5.74) is 5.19. The van der Waals surface area contributed by atoms with Crippen molar-refractivity contribution in [2.45, 2.75) is 31.5 Å². The number of hydrogen-bond acceptors (Lipinski definition) is 6. The highest BCUT2D eigenvalue weighted by Crippen LogP contribution is 2.62. The van der Waals surface area contributed by atoms with E-state index >= 15 is 0 Å². The van der Waals surface area contributed by atoms with E-state index < -0.39 is 5.41 Å². The maximum absolute atomic E-state index is 12.4. The van der Waals surface area contributed by atoms with E-state index in [1.807, 2.05) is 6.92 Å². The summed E-state index contributed by atoms with van der Waals surface area (Å²) in [6, 6.07) is 0. The van der Waals surface area contributed by atoms with Crippen LogP contribution in [0.25, 0.3) is 0 Å². The number of thioether (sulfide) groups is 1. The van der Waals surface area contributed by atoms with Crippen LogP contribution in [-0.2, 0) is 9.59 Å². The van der Waals surface area contributed by atoms with Crippen LogP contribution in [0.15, 0.2) is 4.34 Å². The van der Waals surface area contributed by atoms with Gasteiger partial charge in [-0.2, -0.15) is 0 Å². The third kappa shape index (κ3) is 2.42. The summed E-state index contributed by atoms with van der Waals surface area (Å²) in [7, 11) is 0. The van der Waals surface area contributed by atoms with Crippen LogP contribution < -0.4 is 5.73 Å². The van der Waals surface area contributed by atoms with Crippen molar-refractivity contribution in [1.29, 1.82) is 0 Å². The average Bonchev–Trinajstić information content (AvgIpc) is 2.98. The lowest BCUT2D eigenvalue weighted by Gasteiger charge is -2.54. The Morgan fingerprint density at radius 2 is 2.18 bits per heavy atom. The van der Waals surface area contributed by atoms with E-state index in [0.717, 1.165) is 15.8 Å². The first-order chi connectivity index (χ1) is 10.2. The van der Waals surface area contributed by atoms with Crippen LogP contribution in [-0.4, -0.2) is 45.8 Å². The number of aromatic nitrogens is 2. The zero-order valence-electron chi connectivity index (χ0n) is 13.0. The third-order valence-corrected chi connectivity index (χ3v) is 6.88. The van der Waals surface area contributed by atoms with Crippen molar-refractivity contribution < 1.29 is 9.59 Å². The number of hydrogen-bond donors (Lipinski definition) is 1. The van der Waals surface area contributed by atoms with E-state index in [0.29, 0.717) is 18.8 Å². The number of aryl methyl sites for hydroxylation is 1. The summed E-state index contributed by atoms with van der Waals surface area (Å²) in [6.45, 7) is 7.27. The molecule has 0 unspecified atom stereocenters. The quantitative estimate of drug-likeness (QED) is 0.835. The second-order valence-corrected chi connectivity index (χ2v) is 9.29. The average molecular weight is 340 g/mol. The first-order valence-electron chi connectivity index (χ1n) is 7.25. The molecule has 3 rings (SSSR count). The highest BCUT2D eigenvalue weighted by molar-refractivity contribution is 8.01. The lowest BCUT2D eigenvalue weighted by molar-refractivity contribution is -0.148.